The number of rotatable bonds is 8. The van der Waals surface area contributed by atoms with E-state index in [0.717, 1.165) is 0 Å². The number of primary amides is 1. The number of unbranched alkanes of at least 4 members (excludes halogenated alkanes) is 1. The fourth-order valence-corrected chi connectivity index (χ4v) is 1.45. The molecule has 5 N–H and O–H groups in total. The number of imide groups is 1. The molecule has 3 amide bonds. The lowest BCUT2D eigenvalue weighted by Gasteiger charge is -2.21. The van der Waals surface area contributed by atoms with Gasteiger partial charge < -0.3 is 15.9 Å². The minimum atomic E-state index is -0.870. The van der Waals surface area contributed by atoms with Crippen LogP contribution in [0.5, 0.6) is 0 Å². The Hall–Kier alpha value is -1.64. The van der Waals surface area contributed by atoms with Crippen molar-refractivity contribution in [1.82, 2.24) is 5.32 Å². The summed E-state index contributed by atoms with van der Waals surface area (Å²) in [5.74, 6) is -2.12. The third-order valence-corrected chi connectivity index (χ3v) is 4.28. The minimum absolute atomic E-state index is 0.0628. The molecule has 0 heterocycles. The van der Waals surface area contributed by atoms with Gasteiger partial charge in [-0.3, -0.25) is 19.7 Å². The van der Waals surface area contributed by atoms with Crippen molar-refractivity contribution in [3.63, 3.8) is 0 Å². The summed E-state index contributed by atoms with van der Waals surface area (Å²) in [7, 11) is 0. The molecule has 0 aliphatic carbocycles. The number of nitrogens with one attached hydrogen (secondary N) is 1. The number of aliphatic carboxylic acids is 2. The second kappa shape index (κ2) is 12.0. The molecule has 0 radical (unpaired) electrons. The van der Waals surface area contributed by atoms with Crippen LogP contribution < -0.4 is 11.1 Å². The van der Waals surface area contributed by atoms with E-state index < -0.39 is 22.3 Å². The lowest BCUT2D eigenvalue weighted by molar-refractivity contribution is -0.139. The zero-order valence-electron chi connectivity index (χ0n) is 12.7. The van der Waals surface area contributed by atoms with Gasteiger partial charge in [0.1, 0.15) is 4.32 Å². The number of hydrogen-bond donors (Lipinski definition) is 4. The number of nitrogens with two attached hydrogens (primary N) is 1. The third-order valence-electron chi connectivity index (χ3n) is 2.80. The molecule has 0 aromatic rings. The summed E-state index contributed by atoms with van der Waals surface area (Å²) in [5.41, 5.74) is 4.81. The summed E-state index contributed by atoms with van der Waals surface area (Å²) in [6.45, 7) is 3.72. The largest absolute Gasteiger partial charge is 0.481 e. The van der Waals surface area contributed by atoms with Gasteiger partial charge in [-0.05, 0) is 25.7 Å². The van der Waals surface area contributed by atoms with Crippen LogP contribution in [-0.2, 0) is 14.4 Å². The second-order valence-electron chi connectivity index (χ2n) is 4.49. The molecular formula is C13H23BrN2O6. The number of alkyl halides is 1. The van der Waals surface area contributed by atoms with Gasteiger partial charge in [-0.25, -0.2) is 4.79 Å². The molecule has 0 aromatic heterocycles. The number of carboxylic acids is 2. The third kappa shape index (κ3) is 12.1. The van der Waals surface area contributed by atoms with Gasteiger partial charge in [0.15, 0.2) is 0 Å². The second-order valence-corrected chi connectivity index (χ2v) is 6.00. The molecule has 0 bridgehead atoms. The van der Waals surface area contributed by atoms with Crippen molar-refractivity contribution in [3.8, 4) is 0 Å². The number of carbonyl (C=O) groups is 4. The van der Waals surface area contributed by atoms with Crippen LogP contribution in [0.2, 0.25) is 0 Å². The smallest absolute Gasteiger partial charge is 0.318 e. The van der Waals surface area contributed by atoms with E-state index >= 15 is 0 Å². The fourth-order valence-electron chi connectivity index (χ4n) is 1.35. The molecule has 0 aliphatic rings. The van der Waals surface area contributed by atoms with E-state index in [2.05, 4.69) is 15.9 Å². The Morgan fingerprint density at radius 1 is 1.00 bits per heavy atom. The summed E-state index contributed by atoms with van der Waals surface area (Å²) < 4.78 is -0.665. The molecule has 0 saturated carbocycles. The predicted octanol–water partition coefficient (Wildman–Crippen LogP) is 1.85. The summed E-state index contributed by atoms with van der Waals surface area (Å²) in [5, 5.41) is 18.3. The fraction of sp³-hybridized carbons (Fsp3) is 0.692. The Labute approximate surface area is 137 Å². The molecule has 0 aliphatic heterocycles. The highest BCUT2D eigenvalue weighted by atomic mass is 79.9. The molecule has 22 heavy (non-hydrogen) atoms. The average Bonchev–Trinajstić information content (AvgIpc) is 2.42. The highest BCUT2D eigenvalue weighted by Crippen LogP contribution is 2.26. The Balaban J connectivity index is 0. The van der Waals surface area contributed by atoms with Crippen LogP contribution >= 0.6 is 15.9 Å². The number of hydrogen-bond acceptors (Lipinski definition) is 4. The maximum Gasteiger partial charge on any atom is 0.318 e. The van der Waals surface area contributed by atoms with Gasteiger partial charge in [-0.1, -0.05) is 29.8 Å². The molecule has 0 atom stereocenters. The Bertz CT molecular complexity index is 380. The average molecular weight is 383 g/mol. The first-order chi connectivity index (χ1) is 10.1. The maximum atomic E-state index is 11.3. The highest BCUT2D eigenvalue weighted by Gasteiger charge is 2.32. The molecular weight excluding hydrogens is 360 g/mol. The van der Waals surface area contributed by atoms with Crippen molar-refractivity contribution in [1.29, 1.82) is 0 Å². The van der Waals surface area contributed by atoms with Crippen LogP contribution in [0.15, 0.2) is 0 Å². The number of amides is 3. The van der Waals surface area contributed by atoms with Crippen molar-refractivity contribution >= 4 is 39.8 Å². The Kier molecular flexibility index (Phi) is 12.3. The first kappa shape index (κ1) is 22.6. The van der Waals surface area contributed by atoms with E-state index in [-0.39, 0.29) is 18.7 Å². The molecule has 9 heteroatoms. The lowest BCUT2D eigenvalue weighted by atomic mass is 10.0. The quantitative estimate of drug-likeness (QED) is 0.372. The Morgan fingerprint density at radius 2 is 1.36 bits per heavy atom. The zero-order valence-corrected chi connectivity index (χ0v) is 14.3. The monoisotopic (exact) mass is 382 g/mol. The summed E-state index contributed by atoms with van der Waals surface area (Å²) in [6.07, 6.45) is 2.25. The maximum absolute atomic E-state index is 11.3. The topological polar surface area (TPSA) is 147 Å². The first-order valence-electron chi connectivity index (χ1n) is 6.82. The lowest BCUT2D eigenvalue weighted by Crippen LogP contribution is -2.46. The van der Waals surface area contributed by atoms with E-state index in [1.807, 2.05) is 19.2 Å². The van der Waals surface area contributed by atoms with Crippen molar-refractivity contribution in [2.45, 2.75) is 56.7 Å². The SMILES string of the molecule is CCC(Br)(CC)C(=O)NC(N)=O.O=C(O)CCCCC(=O)O. The number of urea groups is 1. The summed E-state index contributed by atoms with van der Waals surface area (Å²) >= 11 is 3.26. The van der Waals surface area contributed by atoms with Gasteiger partial charge in [-0.15, -0.1) is 0 Å². The van der Waals surface area contributed by atoms with Crippen LogP contribution in [-0.4, -0.2) is 38.4 Å². The van der Waals surface area contributed by atoms with Crippen molar-refractivity contribution in [2.24, 2.45) is 5.73 Å². The summed E-state index contributed by atoms with van der Waals surface area (Å²) in [6, 6.07) is -0.814. The van der Waals surface area contributed by atoms with E-state index in [0.29, 0.717) is 25.7 Å². The number of halogens is 1. The van der Waals surface area contributed by atoms with E-state index in [9.17, 15) is 19.2 Å². The van der Waals surface area contributed by atoms with Gasteiger partial charge in [0.05, 0.1) is 0 Å². The Morgan fingerprint density at radius 3 is 1.59 bits per heavy atom. The molecule has 0 saturated heterocycles. The zero-order chi connectivity index (χ0) is 17.8. The molecule has 0 rings (SSSR count). The van der Waals surface area contributed by atoms with Crippen LogP contribution in [0.25, 0.3) is 0 Å². The van der Waals surface area contributed by atoms with Crippen molar-refractivity contribution in [3.05, 3.63) is 0 Å². The molecule has 8 nitrogen and oxygen atoms in total. The predicted molar refractivity (Wildman–Crippen MR) is 83.7 cm³/mol. The van der Waals surface area contributed by atoms with Crippen LogP contribution in [0, 0.1) is 0 Å². The molecule has 0 unspecified atom stereocenters. The standard InChI is InChI=1S/C7H13BrN2O2.C6H10O4/c1-3-7(8,4-2)5(11)10-6(9)12;7-5(8)3-1-2-4-6(9)10/h3-4H2,1-2H3,(H3,9,10,11,12);1-4H2,(H,7,8)(H,9,10). The van der Waals surface area contributed by atoms with Gasteiger partial charge >= 0.3 is 18.0 Å². The normalized spacial score (nSPS) is 10.1. The molecule has 0 spiro atoms. The van der Waals surface area contributed by atoms with Gasteiger partial charge in [0.25, 0.3) is 0 Å². The van der Waals surface area contributed by atoms with Crippen molar-refractivity contribution < 1.29 is 29.4 Å². The van der Waals surface area contributed by atoms with Crippen LogP contribution in [0.3, 0.4) is 0 Å². The van der Waals surface area contributed by atoms with Gasteiger partial charge in [0.2, 0.25) is 5.91 Å². The van der Waals surface area contributed by atoms with Crippen LogP contribution in [0.4, 0.5) is 4.79 Å². The molecule has 0 fully saturated rings. The first-order valence-corrected chi connectivity index (χ1v) is 7.61. The summed E-state index contributed by atoms with van der Waals surface area (Å²) in [4.78, 5) is 41.4. The highest BCUT2D eigenvalue weighted by molar-refractivity contribution is 9.10. The van der Waals surface area contributed by atoms with E-state index in [1.54, 1.807) is 0 Å². The minimum Gasteiger partial charge on any atom is -0.481 e. The van der Waals surface area contributed by atoms with E-state index in [1.165, 1.54) is 0 Å². The number of carbonyl (C=O) groups excluding carboxylic acids is 2. The van der Waals surface area contributed by atoms with Gasteiger partial charge in [0, 0.05) is 12.8 Å². The molecule has 128 valence electrons. The van der Waals surface area contributed by atoms with E-state index in [4.69, 9.17) is 15.9 Å². The number of carboxylic acid groups (broad SMARTS) is 2. The molecule has 0 aromatic carbocycles. The van der Waals surface area contributed by atoms with Crippen LogP contribution in [0.1, 0.15) is 52.4 Å². The van der Waals surface area contributed by atoms with Gasteiger partial charge in [-0.2, -0.15) is 0 Å². The van der Waals surface area contributed by atoms with Crippen molar-refractivity contribution in [2.75, 3.05) is 0 Å².